The molecule has 2 N–H and O–H groups in total. The Bertz CT molecular complexity index is 1250. The summed E-state index contributed by atoms with van der Waals surface area (Å²) in [5.41, 5.74) is 0.156. The molecule has 2 bridgehead atoms. The van der Waals surface area contributed by atoms with E-state index in [2.05, 4.69) is 19.1 Å². The quantitative estimate of drug-likeness (QED) is 0.0965. The van der Waals surface area contributed by atoms with E-state index in [0.29, 0.717) is 24.4 Å². The van der Waals surface area contributed by atoms with E-state index in [0.717, 1.165) is 62.5 Å². The number of carbonyl (C=O) groups excluding carboxylic acids is 2. The molecule has 248 valence electrons. The number of hydrogen-bond acceptors (Lipinski definition) is 7. The number of phenolic OH excluding ortho intramolecular Hbond substituents is 1. The first-order valence-electron chi connectivity index (χ1n) is 17.8. The van der Waals surface area contributed by atoms with Crippen molar-refractivity contribution in [2.75, 3.05) is 0 Å². The molecule has 0 unspecified atom stereocenters. The minimum absolute atomic E-state index is 0.0347. The molecule has 1 saturated carbocycles. The van der Waals surface area contributed by atoms with Crippen LogP contribution >= 0.6 is 0 Å². The predicted molar refractivity (Wildman–Crippen MR) is 174 cm³/mol. The minimum Gasteiger partial charge on any atom is -0.504 e. The van der Waals surface area contributed by atoms with Gasteiger partial charge in [-0.05, 0) is 88.3 Å². The summed E-state index contributed by atoms with van der Waals surface area (Å²) in [5.74, 6) is -0.233. The molecular formula is C38H54O7. The van der Waals surface area contributed by atoms with Gasteiger partial charge in [-0.1, -0.05) is 82.9 Å². The molecule has 0 amide bonds. The van der Waals surface area contributed by atoms with Crippen LogP contribution in [0.15, 0.2) is 36.1 Å². The molecule has 4 aliphatic rings. The first kappa shape index (κ1) is 33.6. The van der Waals surface area contributed by atoms with Gasteiger partial charge in [-0.15, -0.1) is 0 Å². The van der Waals surface area contributed by atoms with Crippen molar-refractivity contribution in [3.8, 4) is 11.5 Å². The van der Waals surface area contributed by atoms with Crippen LogP contribution in [0.5, 0.6) is 11.5 Å². The van der Waals surface area contributed by atoms with Crippen LogP contribution in [0.4, 0.5) is 0 Å². The van der Waals surface area contributed by atoms with E-state index in [1.54, 1.807) is 12.1 Å². The van der Waals surface area contributed by atoms with Gasteiger partial charge < -0.3 is 24.4 Å². The maximum Gasteiger partial charge on any atom is 0.352 e. The van der Waals surface area contributed by atoms with Gasteiger partial charge in [-0.2, -0.15) is 0 Å². The highest BCUT2D eigenvalue weighted by molar-refractivity contribution is 5.80. The molecule has 3 aliphatic carbocycles. The number of aromatic hydroxyl groups is 1. The zero-order valence-corrected chi connectivity index (χ0v) is 27.5. The Kier molecular flexibility index (Phi) is 11.3. The SMILES string of the molecule is CCCCCCCC/C=C\CCCCCCCC(=O)O[C@@H](C)C(=O)OC1=CC[C@@]2(O)[C@@H]3CCC[C@@]24c2c(ccc(O)c2O[C@@H]14)C3. The molecule has 1 heterocycles. The number of ether oxygens (including phenoxy) is 3. The van der Waals surface area contributed by atoms with Gasteiger partial charge in [0.2, 0.25) is 0 Å². The lowest BCUT2D eigenvalue weighted by Gasteiger charge is -2.59. The Balaban J connectivity index is 1.02. The largest absolute Gasteiger partial charge is 0.504 e. The van der Waals surface area contributed by atoms with E-state index in [1.807, 2.05) is 6.07 Å². The van der Waals surface area contributed by atoms with E-state index in [-0.39, 0.29) is 18.1 Å². The first-order chi connectivity index (χ1) is 21.8. The van der Waals surface area contributed by atoms with Gasteiger partial charge >= 0.3 is 11.9 Å². The van der Waals surface area contributed by atoms with Gasteiger partial charge in [0, 0.05) is 12.0 Å². The maximum atomic E-state index is 13.1. The number of carbonyl (C=O) groups is 2. The number of esters is 2. The fourth-order valence-electron chi connectivity index (χ4n) is 8.37. The molecular weight excluding hydrogens is 568 g/mol. The fourth-order valence-corrected chi connectivity index (χ4v) is 8.37. The van der Waals surface area contributed by atoms with Crippen LogP contribution in [0.3, 0.4) is 0 Å². The molecule has 0 radical (unpaired) electrons. The number of allylic oxidation sites excluding steroid dienone is 2. The summed E-state index contributed by atoms with van der Waals surface area (Å²) in [6, 6.07) is 3.58. The first-order valence-corrected chi connectivity index (χ1v) is 17.8. The Morgan fingerprint density at radius 1 is 1.02 bits per heavy atom. The molecule has 1 aromatic carbocycles. The molecule has 1 aromatic rings. The third kappa shape index (κ3) is 6.99. The molecule has 1 spiro atoms. The van der Waals surface area contributed by atoms with Crippen LogP contribution in [0.2, 0.25) is 0 Å². The molecule has 0 aromatic heterocycles. The van der Waals surface area contributed by atoms with Crippen LogP contribution < -0.4 is 4.74 Å². The van der Waals surface area contributed by atoms with E-state index in [4.69, 9.17) is 14.2 Å². The molecule has 0 saturated heterocycles. The zero-order chi connectivity index (χ0) is 31.9. The number of unbranched alkanes of at least 4 members (excludes halogenated alkanes) is 11. The lowest BCUT2D eigenvalue weighted by Crippen LogP contribution is -2.67. The van der Waals surface area contributed by atoms with Crippen LogP contribution in [0.25, 0.3) is 0 Å². The highest BCUT2D eigenvalue weighted by Gasteiger charge is 2.70. The molecule has 1 fully saturated rings. The molecule has 1 aliphatic heterocycles. The van der Waals surface area contributed by atoms with E-state index in [9.17, 15) is 19.8 Å². The van der Waals surface area contributed by atoms with Crippen molar-refractivity contribution >= 4 is 11.9 Å². The van der Waals surface area contributed by atoms with Crippen molar-refractivity contribution in [3.63, 3.8) is 0 Å². The maximum absolute atomic E-state index is 13.1. The smallest absolute Gasteiger partial charge is 0.352 e. The summed E-state index contributed by atoms with van der Waals surface area (Å²) < 4.78 is 17.6. The Hall–Kier alpha value is -2.80. The summed E-state index contributed by atoms with van der Waals surface area (Å²) in [7, 11) is 0. The average Bonchev–Trinajstić information content (AvgIpc) is 3.37. The second kappa shape index (κ2) is 15.2. The van der Waals surface area contributed by atoms with E-state index < -0.39 is 35.2 Å². The average molecular weight is 623 g/mol. The number of aliphatic hydroxyl groups is 1. The van der Waals surface area contributed by atoms with Crippen molar-refractivity contribution in [1.29, 1.82) is 0 Å². The monoisotopic (exact) mass is 622 g/mol. The number of rotatable bonds is 18. The summed E-state index contributed by atoms with van der Waals surface area (Å²) in [4.78, 5) is 25.6. The van der Waals surface area contributed by atoms with Gasteiger partial charge in [0.1, 0.15) is 5.76 Å². The number of benzene rings is 1. The standard InChI is InChI=1S/C38H54O7/c1-3-4-5-6-7-8-9-10-11-12-13-14-15-16-17-20-32(40)43-27(2)36(41)44-31-23-25-38(42)29-19-18-24-37(38)33-28(26-29)21-22-30(39)34(33)45-35(31)37/h10-11,21-23,27,29,35,39,42H,3-9,12-20,24-26H2,1-2H3/b11-10-/t27-,29+,35-,37-,38+/m0/s1. The summed E-state index contributed by atoms with van der Waals surface area (Å²) >= 11 is 0. The van der Waals surface area contributed by atoms with Gasteiger partial charge in [-0.25, -0.2) is 4.79 Å². The molecule has 45 heavy (non-hydrogen) atoms. The highest BCUT2D eigenvalue weighted by Crippen LogP contribution is 2.67. The predicted octanol–water partition coefficient (Wildman–Crippen LogP) is 8.28. The topological polar surface area (TPSA) is 102 Å². The highest BCUT2D eigenvalue weighted by atomic mass is 16.6. The van der Waals surface area contributed by atoms with Gasteiger partial charge in [0.25, 0.3) is 0 Å². The van der Waals surface area contributed by atoms with Crippen LogP contribution in [0, 0.1) is 5.92 Å². The zero-order valence-electron chi connectivity index (χ0n) is 27.5. The second-order valence-electron chi connectivity index (χ2n) is 13.8. The van der Waals surface area contributed by atoms with Crippen molar-refractivity contribution in [2.45, 2.75) is 159 Å². The van der Waals surface area contributed by atoms with E-state index in [1.165, 1.54) is 58.3 Å². The van der Waals surface area contributed by atoms with Gasteiger partial charge in [0.05, 0.1) is 11.0 Å². The number of phenols is 1. The van der Waals surface area contributed by atoms with Gasteiger partial charge in [0.15, 0.2) is 23.7 Å². The van der Waals surface area contributed by atoms with Crippen molar-refractivity contribution in [3.05, 3.63) is 47.2 Å². The fraction of sp³-hybridized carbons (Fsp3) is 0.684. The summed E-state index contributed by atoms with van der Waals surface area (Å²) in [6.07, 6.45) is 24.0. The summed E-state index contributed by atoms with van der Waals surface area (Å²) in [5, 5.41) is 22.8. The minimum atomic E-state index is -1.06. The van der Waals surface area contributed by atoms with Crippen molar-refractivity contribution in [1.82, 2.24) is 0 Å². The van der Waals surface area contributed by atoms with Crippen LogP contribution in [0.1, 0.15) is 141 Å². The summed E-state index contributed by atoms with van der Waals surface area (Å²) in [6.45, 7) is 3.78. The van der Waals surface area contributed by atoms with Gasteiger partial charge in [-0.3, -0.25) is 4.79 Å². The second-order valence-corrected chi connectivity index (χ2v) is 13.8. The van der Waals surface area contributed by atoms with Crippen molar-refractivity contribution < 1.29 is 34.0 Å². The molecule has 7 nitrogen and oxygen atoms in total. The van der Waals surface area contributed by atoms with Crippen molar-refractivity contribution in [2.24, 2.45) is 5.92 Å². The number of hydrogen-bond donors (Lipinski definition) is 2. The molecule has 5 rings (SSSR count). The van der Waals surface area contributed by atoms with Crippen LogP contribution in [-0.4, -0.2) is 40.0 Å². The molecule has 5 atom stereocenters. The third-order valence-electron chi connectivity index (χ3n) is 10.8. The molecule has 7 heteroatoms. The van der Waals surface area contributed by atoms with E-state index >= 15 is 0 Å². The lowest BCUT2D eigenvalue weighted by atomic mass is 9.47. The third-order valence-corrected chi connectivity index (χ3v) is 10.8. The Morgan fingerprint density at radius 2 is 1.71 bits per heavy atom. The Labute approximate surface area is 269 Å². The Morgan fingerprint density at radius 3 is 2.44 bits per heavy atom. The lowest BCUT2D eigenvalue weighted by molar-refractivity contribution is -0.171. The van der Waals surface area contributed by atoms with Crippen LogP contribution in [-0.2, 0) is 30.9 Å². The normalized spacial score (nSPS) is 26.6.